The van der Waals surface area contributed by atoms with E-state index in [1.54, 1.807) is 6.20 Å². The largest absolute Gasteiger partial charge is 0.416 e. The van der Waals surface area contributed by atoms with Crippen LogP contribution in [0.3, 0.4) is 0 Å². The summed E-state index contributed by atoms with van der Waals surface area (Å²) in [6.45, 7) is 0. The van der Waals surface area contributed by atoms with Crippen molar-refractivity contribution in [1.82, 2.24) is 15.0 Å². The Morgan fingerprint density at radius 3 is 2.67 bits per heavy atom. The molecule has 122 valence electrons. The van der Waals surface area contributed by atoms with Crippen LogP contribution >= 0.6 is 15.9 Å². The van der Waals surface area contributed by atoms with Crippen LogP contribution < -0.4 is 5.32 Å². The van der Waals surface area contributed by atoms with Gasteiger partial charge in [-0.15, -0.1) is 0 Å². The van der Waals surface area contributed by atoms with Gasteiger partial charge in [0.2, 0.25) is 5.95 Å². The van der Waals surface area contributed by atoms with E-state index in [4.69, 9.17) is 0 Å². The van der Waals surface area contributed by atoms with Gasteiger partial charge >= 0.3 is 6.18 Å². The molecule has 0 aliphatic rings. The molecule has 2 aromatic heterocycles. The van der Waals surface area contributed by atoms with Gasteiger partial charge in [-0.1, -0.05) is 15.9 Å². The van der Waals surface area contributed by atoms with E-state index < -0.39 is 11.7 Å². The molecule has 3 N–H and O–H groups in total. The van der Waals surface area contributed by atoms with Crippen molar-refractivity contribution in [2.75, 3.05) is 5.32 Å². The summed E-state index contributed by atoms with van der Waals surface area (Å²) in [5, 5.41) is 4.05. The van der Waals surface area contributed by atoms with Gasteiger partial charge in [0.15, 0.2) is 0 Å². The van der Waals surface area contributed by atoms with Gasteiger partial charge in [-0.25, -0.2) is 4.98 Å². The number of anilines is 2. The first-order valence-electron chi connectivity index (χ1n) is 7.01. The van der Waals surface area contributed by atoms with Crippen LogP contribution in [0.5, 0.6) is 0 Å². The number of nitrogens with one attached hydrogen (secondary N) is 3. The molecule has 0 radical (unpaired) electrons. The van der Waals surface area contributed by atoms with Gasteiger partial charge in [0.05, 0.1) is 22.3 Å². The van der Waals surface area contributed by atoms with Crippen LogP contribution in [0.1, 0.15) is 5.56 Å². The normalized spacial score (nSPS) is 12.2. The fourth-order valence-electron chi connectivity index (χ4n) is 2.57. The average Bonchev–Trinajstić information content (AvgIpc) is 3.09. The minimum atomic E-state index is -4.38. The van der Waals surface area contributed by atoms with E-state index in [1.165, 1.54) is 6.07 Å². The number of hydrogen-bond acceptors (Lipinski definition) is 2. The van der Waals surface area contributed by atoms with E-state index in [2.05, 4.69) is 36.2 Å². The van der Waals surface area contributed by atoms with Crippen LogP contribution in [-0.4, -0.2) is 15.0 Å². The van der Waals surface area contributed by atoms with Crippen molar-refractivity contribution in [3.63, 3.8) is 0 Å². The monoisotopic (exact) mass is 394 g/mol. The minimum absolute atomic E-state index is 0.327. The number of alkyl halides is 3. The highest BCUT2D eigenvalue weighted by Crippen LogP contribution is 2.32. The number of benzene rings is 2. The molecule has 4 aromatic rings. The van der Waals surface area contributed by atoms with Crippen molar-refractivity contribution < 1.29 is 13.2 Å². The van der Waals surface area contributed by atoms with E-state index >= 15 is 0 Å². The Balaban J connectivity index is 1.72. The third-order valence-corrected chi connectivity index (χ3v) is 4.20. The van der Waals surface area contributed by atoms with Gasteiger partial charge < -0.3 is 15.3 Å². The summed E-state index contributed by atoms with van der Waals surface area (Å²) in [5.74, 6) is 0.380. The summed E-state index contributed by atoms with van der Waals surface area (Å²) in [7, 11) is 0. The first kappa shape index (κ1) is 15.1. The van der Waals surface area contributed by atoms with Crippen molar-refractivity contribution in [1.29, 1.82) is 0 Å². The van der Waals surface area contributed by atoms with Crippen molar-refractivity contribution in [2.24, 2.45) is 0 Å². The van der Waals surface area contributed by atoms with Crippen LogP contribution in [0.15, 0.2) is 47.1 Å². The maximum atomic E-state index is 12.8. The molecule has 2 heterocycles. The first-order valence-corrected chi connectivity index (χ1v) is 7.80. The summed E-state index contributed by atoms with van der Waals surface area (Å²) >= 11 is 3.42. The van der Waals surface area contributed by atoms with Crippen molar-refractivity contribution in [3.8, 4) is 0 Å². The third kappa shape index (κ3) is 2.62. The molecule has 8 heteroatoms. The van der Waals surface area contributed by atoms with E-state index in [1.807, 2.05) is 18.2 Å². The molecule has 24 heavy (non-hydrogen) atoms. The molecule has 0 spiro atoms. The number of aromatic nitrogens is 3. The lowest BCUT2D eigenvalue weighted by Gasteiger charge is -2.05. The predicted octanol–water partition coefficient (Wildman–Crippen LogP) is 5.57. The summed E-state index contributed by atoms with van der Waals surface area (Å²) < 4.78 is 39.3. The highest BCUT2D eigenvalue weighted by molar-refractivity contribution is 9.10. The van der Waals surface area contributed by atoms with Gasteiger partial charge in [0.1, 0.15) is 0 Å². The summed E-state index contributed by atoms with van der Waals surface area (Å²) in [6, 6.07) is 9.22. The minimum Gasteiger partial charge on any atom is -0.359 e. The number of fused-ring (bicyclic) bond motifs is 2. The Hall–Kier alpha value is -2.48. The number of aromatic amines is 2. The second-order valence-electron chi connectivity index (χ2n) is 5.33. The fraction of sp³-hybridized carbons (Fsp3) is 0.0625. The number of rotatable bonds is 2. The summed E-state index contributed by atoms with van der Waals surface area (Å²) in [5.41, 5.74) is 1.80. The van der Waals surface area contributed by atoms with Crippen LogP contribution in [0, 0.1) is 0 Å². The molecular weight excluding hydrogens is 385 g/mol. The second-order valence-corrected chi connectivity index (χ2v) is 6.25. The van der Waals surface area contributed by atoms with E-state index in [9.17, 15) is 13.2 Å². The van der Waals surface area contributed by atoms with Crippen molar-refractivity contribution in [2.45, 2.75) is 6.18 Å². The summed E-state index contributed by atoms with van der Waals surface area (Å²) in [4.78, 5) is 10.3. The molecule has 4 nitrogen and oxygen atoms in total. The molecule has 0 aliphatic heterocycles. The molecule has 0 amide bonds. The molecule has 0 bridgehead atoms. The maximum Gasteiger partial charge on any atom is 0.416 e. The zero-order valence-corrected chi connectivity index (χ0v) is 13.6. The third-order valence-electron chi connectivity index (χ3n) is 3.71. The molecule has 0 aliphatic carbocycles. The highest BCUT2D eigenvalue weighted by atomic mass is 79.9. The standard InChI is InChI=1S/C16H10BrF3N4/c17-9-2-4-11-10(6-9)14(7-21-11)24-15-22-12-3-1-8(16(18,19)20)5-13(12)23-15/h1-7,21H,(H2,22,23,24). The van der Waals surface area contributed by atoms with Gasteiger partial charge in [0, 0.05) is 21.6 Å². The molecule has 0 fully saturated rings. The van der Waals surface area contributed by atoms with Gasteiger partial charge in [-0.2, -0.15) is 13.2 Å². The number of H-pyrrole nitrogens is 2. The van der Waals surface area contributed by atoms with Crippen LogP contribution in [0.2, 0.25) is 0 Å². The van der Waals surface area contributed by atoms with E-state index in [-0.39, 0.29) is 0 Å². The topological polar surface area (TPSA) is 56.5 Å². The Morgan fingerprint density at radius 1 is 1.04 bits per heavy atom. The molecule has 0 saturated carbocycles. The van der Waals surface area contributed by atoms with Crippen LogP contribution in [0.4, 0.5) is 24.8 Å². The van der Waals surface area contributed by atoms with Gasteiger partial charge in [-0.05, 0) is 36.4 Å². The van der Waals surface area contributed by atoms with E-state index in [0.29, 0.717) is 17.0 Å². The molecule has 0 saturated heterocycles. The number of imidazole rings is 1. The molecule has 2 aromatic carbocycles. The Bertz CT molecular complexity index is 1050. The Morgan fingerprint density at radius 2 is 1.88 bits per heavy atom. The van der Waals surface area contributed by atoms with E-state index in [0.717, 1.165) is 33.2 Å². The lowest BCUT2D eigenvalue weighted by atomic mass is 10.2. The predicted molar refractivity (Wildman–Crippen MR) is 90.4 cm³/mol. The van der Waals surface area contributed by atoms with Crippen LogP contribution in [-0.2, 0) is 6.18 Å². The fourth-order valence-corrected chi connectivity index (χ4v) is 2.93. The lowest BCUT2D eigenvalue weighted by Crippen LogP contribution is -2.04. The lowest BCUT2D eigenvalue weighted by molar-refractivity contribution is -0.137. The van der Waals surface area contributed by atoms with Crippen molar-refractivity contribution in [3.05, 3.63) is 52.6 Å². The first-order chi connectivity index (χ1) is 11.4. The zero-order chi connectivity index (χ0) is 16.9. The average molecular weight is 395 g/mol. The Labute approximate surface area is 142 Å². The van der Waals surface area contributed by atoms with Crippen molar-refractivity contribution >= 4 is 49.5 Å². The maximum absolute atomic E-state index is 12.8. The number of nitrogens with zero attached hydrogens (tertiary/aromatic N) is 1. The molecule has 4 rings (SSSR count). The van der Waals surface area contributed by atoms with Gasteiger partial charge in [0.25, 0.3) is 0 Å². The smallest absolute Gasteiger partial charge is 0.359 e. The highest BCUT2D eigenvalue weighted by Gasteiger charge is 2.30. The molecule has 0 unspecified atom stereocenters. The zero-order valence-electron chi connectivity index (χ0n) is 12.0. The molecule has 0 atom stereocenters. The van der Waals surface area contributed by atoms with Gasteiger partial charge in [-0.3, -0.25) is 0 Å². The summed E-state index contributed by atoms with van der Waals surface area (Å²) in [6.07, 6.45) is -2.60. The number of halogens is 4. The SMILES string of the molecule is FC(F)(F)c1ccc2nc(Nc3c[nH]c4ccc(Br)cc34)[nH]c2c1. The van der Waals surface area contributed by atoms with Crippen LogP contribution in [0.25, 0.3) is 21.9 Å². The Kier molecular flexibility index (Phi) is 3.31. The quantitative estimate of drug-likeness (QED) is 0.416. The number of hydrogen-bond donors (Lipinski definition) is 3. The molecular formula is C16H10BrF3N4. The second kappa shape index (κ2) is 5.27.